The highest BCUT2D eigenvalue weighted by Gasteiger charge is 2.27. The third-order valence-corrected chi connectivity index (χ3v) is 6.07. The molecule has 1 N–H and O–H groups in total. The lowest BCUT2D eigenvalue weighted by Crippen LogP contribution is -2.49. The maximum Gasteiger partial charge on any atom is 0.217 e. The molecule has 2 aliphatic rings. The van der Waals surface area contributed by atoms with E-state index >= 15 is 0 Å². The summed E-state index contributed by atoms with van der Waals surface area (Å²) in [5.74, 6) is 0.492. The van der Waals surface area contributed by atoms with Crippen molar-refractivity contribution in [1.82, 2.24) is 5.01 Å². The zero-order chi connectivity index (χ0) is 18.5. The Kier molecular flexibility index (Phi) is 3.61. The fourth-order valence-electron chi connectivity index (χ4n) is 4.64. The van der Waals surface area contributed by atoms with Crippen LogP contribution >= 0.6 is 0 Å². The van der Waals surface area contributed by atoms with Crippen molar-refractivity contribution in [3.63, 3.8) is 0 Å². The van der Waals surface area contributed by atoms with Crippen molar-refractivity contribution < 1.29 is 0 Å². The number of fused-ring (bicyclic) bond motifs is 1. The summed E-state index contributed by atoms with van der Waals surface area (Å²) in [6.07, 6.45) is 3.18. The first kappa shape index (κ1) is 16.2. The summed E-state index contributed by atoms with van der Waals surface area (Å²) in [7, 11) is 4.01. The summed E-state index contributed by atoms with van der Waals surface area (Å²) in [6, 6.07) is 19.4. The summed E-state index contributed by atoms with van der Waals surface area (Å²) in [6.45, 7) is 0.917. The van der Waals surface area contributed by atoms with Crippen LogP contribution in [0.1, 0.15) is 16.7 Å². The molecule has 1 aliphatic heterocycles. The predicted octanol–water partition coefficient (Wildman–Crippen LogP) is 4.22. The van der Waals surface area contributed by atoms with Gasteiger partial charge >= 0.3 is 0 Å². The molecule has 4 nitrogen and oxygen atoms in total. The second kappa shape index (κ2) is 6.02. The van der Waals surface area contributed by atoms with Gasteiger partial charge in [0.15, 0.2) is 0 Å². The Bertz CT molecular complexity index is 1060. The number of nitrogens with zero attached hydrogens (tertiary/aromatic N) is 3. The van der Waals surface area contributed by atoms with Gasteiger partial charge in [-0.3, -0.25) is 15.4 Å². The number of guanidine groups is 1. The van der Waals surface area contributed by atoms with Crippen LogP contribution in [0.2, 0.25) is 0 Å². The van der Waals surface area contributed by atoms with Gasteiger partial charge in [-0.05, 0) is 58.9 Å². The van der Waals surface area contributed by atoms with E-state index in [-0.39, 0.29) is 0 Å². The highest BCUT2D eigenvalue weighted by atomic mass is 15.7. The normalized spacial score (nSPS) is 14.5. The van der Waals surface area contributed by atoms with Gasteiger partial charge in [0.1, 0.15) is 0 Å². The molecule has 1 aliphatic carbocycles. The smallest absolute Gasteiger partial charge is 0.217 e. The highest BCUT2D eigenvalue weighted by molar-refractivity contribution is 6.01. The molecule has 0 radical (unpaired) electrons. The molecule has 0 aromatic heterocycles. The van der Waals surface area contributed by atoms with E-state index in [1.807, 2.05) is 24.0 Å². The topological polar surface area (TPSA) is 33.6 Å². The first-order valence-electron chi connectivity index (χ1n) is 9.60. The molecule has 0 saturated carbocycles. The number of aryl methyl sites for hydroxylation is 2. The van der Waals surface area contributed by atoms with E-state index < -0.39 is 0 Å². The number of anilines is 2. The van der Waals surface area contributed by atoms with Crippen molar-refractivity contribution in [2.24, 2.45) is 0 Å². The van der Waals surface area contributed by atoms with Crippen LogP contribution in [0.15, 0.2) is 54.6 Å². The molecule has 5 rings (SSSR count). The standard InChI is InChI=1S/C23H24N4/c1-25(21-13-11-18-8-5-7-17-10-12-19(21)22(17)18)23(24)26(2)27-15-14-16-6-3-4-9-20(16)27/h3-9,11,13,24H,10,12,14-15H2,1-2H3. The Balaban J connectivity index is 1.48. The van der Waals surface area contributed by atoms with Crippen LogP contribution in [0.4, 0.5) is 11.4 Å². The Labute approximate surface area is 160 Å². The van der Waals surface area contributed by atoms with E-state index in [2.05, 4.69) is 59.6 Å². The van der Waals surface area contributed by atoms with Crippen LogP contribution in [0.3, 0.4) is 0 Å². The SMILES string of the molecule is CN(C(=N)N(C)N1CCc2ccccc21)c1ccc2cccc3c2c1CC3. The van der Waals surface area contributed by atoms with Gasteiger partial charge in [0.25, 0.3) is 0 Å². The first-order chi connectivity index (χ1) is 13.1. The molecule has 3 aromatic rings. The van der Waals surface area contributed by atoms with Crippen molar-refractivity contribution in [2.75, 3.05) is 30.5 Å². The summed E-state index contributed by atoms with van der Waals surface area (Å²) >= 11 is 0. The van der Waals surface area contributed by atoms with Crippen molar-refractivity contribution in [2.45, 2.75) is 19.3 Å². The van der Waals surface area contributed by atoms with Gasteiger partial charge < -0.3 is 4.90 Å². The molecule has 0 spiro atoms. The molecule has 3 aromatic carbocycles. The van der Waals surface area contributed by atoms with E-state index in [1.54, 1.807) is 0 Å². The second-order valence-electron chi connectivity index (χ2n) is 7.49. The van der Waals surface area contributed by atoms with Gasteiger partial charge in [-0.25, -0.2) is 0 Å². The van der Waals surface area contributed by atoms with E-state index in [0.717, 1.165) is 31.5 Å². The number of hydrogen-bond donors (Lipinski definition) is 1. The average Bonchev–Trinajstić information content (AvgIpc) is 3.33. The number of rotatable bonds is 2. The summed E-state index contributed by atoms with van der Waals surface area (Å²) < 4.78 is 0. The Morgan fingerprint density at radius 3 is 2.59 bits per heavy atom. The number of benzene rings is 3. The number of hydrazine groups is 1. The lowest BCUT2D eigenvalue weighted by atomic mass is 10.0. The number of hydrogen-bond acceptors (Lipinski definition) is 2. The van der Waals surface area contributed by atoms with E-state index in [1.165, 1.54) is 33.2 Å². The molecule has 0 fully saturated rings. The molecular formula is C23H24N4. The Morgan fingerprint density at radius 1 is 0.889 bits per heavy atom. The quantitative estimate of drug-likeness (QED) is 0.551. The van der Waals surface area contributed by atoms with E-state index in [0.29, 0.717) is 5.96 Å². The third kappa shape index (κ3) is 2.40. The minimum Gasteiger partial charge on any atom is -0.314 e. The number of nitrogens with one attached hydrogen (secondary N) is 1. The molecule has 0 amide bonds. The van der Waals surface area contributed by atoms with Gasteiger partial charge in [-0.2, -0.15) is 0 Å². The zero-order valence-corrected chi connectivity index (χ0v) is 15.9. The molecule has 0 bridgehead atoms. The molecule has 0 saturated heterocycles. The molecular weight excluding hydrogens is 332 g/mol. The molecule has 0 atom stereocenters. The summed E-state index contributed by atoms with van der Waals surface area (Å²) in [4.78, 5) is 2.03. The van der Waals surface area contributed by atoms with E-state index in [9.17, 15) is 0 Å². The minimum absolute atomic E-state index is 0.492. The number of para-hydroxylation sites is 1. The lowest BCUT2D eigenvalue weighted by molar-refractivity contribution is 0.459. The van der Waals surface area contributed by atoms with Gasteiger partial charge in [0.05, 0.1) is 5.69 Å². The van der Waals surface area contributed by atoms with Crippen LogP contribution in [0.5, 0.6) is 0 Å². The third-order valence-electron chi connectivity index (χ3n) is 6.07. The summed E-state index contributed by atoms with van der Waals surface area (Å²) in [5.41, 5.74) is 6.53. The van der Waals surface area contributed by atoms with Crippen molar-refractivity contribution >= 4 is 28.1 Å². The molecule has 27 heavy (non-hydrogen) atoms. The largest absolute Gasteiger partial charge is 0.314 e. The van der Waals surface area contributed by atoms with Crippen LogP contribution in [0, 0.1) is 5.41 Å². The van der Waals surface area contributed by atoms with Crippen LogP contribution < -0.4 is 9.91 Å². The maximum absolute atomic E-state index is 8.85. The first-order valence-corrected chi connectivity index (χ1v) is 9.60. The molecule has 4 heteroatoms. The van der Waals surface area contributed by atoms with Crippen molar-refractivity contribution in [1.29, 1.82) is 5.41 Å². The lowest BCUT2D eigenvalue weighted by Gasteiger charge is -2.36. The van der Waals surface area contributed by atoms with Gasteiger partial charge in [-0.1, -0.05) is 42.5 Å². The second-order valence-corrected chi connectivity index (χ2v) is 7.49. The monoisotopic (exact) mass is 356 g/mol. The van der Waals surface area contributed by atoms with Crippen LogP contribution in [-0.4, -0.2) is 31.6 Å². The van der Waals surface area contributed by atoms with E-state index in [4.69, 9.17) is 5.41 Å². The zero-order valence-electron chi connectivity index (χ0n) is 15.9. The minimum atomic E-state index is 0.492. The average molecular weight is 356 g/mol. The van der Waals surface area contributed by atoms with Crippen LogP contribution in [0.25, 0.3) is 10.8 Å². The Morgan fingerprint density at radius 2 is 1.70 bits per heavy atom. The van der Waals surface area contributed by atoms with Gasteiger partial charge in [0, 0.05) is 26.3 Å². The van der Waals surface area contributed by atoms with Gasteiger partial charge in [-0.15, -0.1) is 0 Å². The summed E-state index contributed by atoms with van der Waals surface area (Å²) in [5, 5.41) is 15.7. The van der Waals surface area contributed by atoms with Crippen LogP contribution in [-0.2, 0) is 19.3 Å². The fourth-order valence-corrected chi connectivity index (χ4v) is 4.64. The van der Waals surface area contributed by atoms with Crippen molar-refractivity contribution in [3.05, 3.63) is 71.3 Å². The predicted molar refractivity (Wildman–Crippen MR) is 113 cm³/mol. The molecule has 136 valence electrons. The highest BCUT2D eigenvalue weighted by Crippen LogP contribution is 2.37. The molecule has 0 unspecified atom stereocenters. The fraction of sp³-hybridized carbons (Fsp3) is 0.261. The van der Waals surface area contributed by atoms with Gasteiger partial charge in [0.2, 0.25) is 5.96 Å². The van der Waals surface area contributed by atoms with Crippen molar-refractivity contribution in [3.8, 4) is 0 Å². The molecule has 1 heterocycles. The Hall–Kier alpha value is -3.01. The maximum atomic E-state index is 8.85.